The van der Waals surface area contributed by atoms with E-state index in [0.29, 0.717) is 11.4 Å². The summed E-state index contributed by atoms with van der Waals surface area (Å²) in [6.07, 6.45) is 6.69. The van der Waals surface area contributed by atoms with Gasteiger partial charge in [-0.15, -0.1) is 11.6 Å². The van der Waals surface area contributed by atoms with E-state index in [0.717, 1.165) is 18.5 Å². The number of aryl methyl sites for hydroxylation is 1. The molecule has 0 aromatic carbocycles. The van der Waals surface area contributed by atoms with Gasteiger partial charge in [0.1, 0.15) is 0 Å². The van der Waals surface area contributed by atoms with Gasteiger partial charge < -0.3 is 0 Å². The predicted octanol–water partition coefficient (Wildman–Crippen LogP) is 2.91. The summed E-state index contributed by atoms with van der Waals surface area (Å²) in [7, 11) is 0. The van der Waals surface area contributed by atoms with E-state index in [4.69, 9.17) is 11.6 Å². The van der Waals surface area contributed by atoms with Gasteiger partial charge in [-0.25, -0.2) is 0 Å². The molecular formula is C10H15ClN2. The average molecular weight is 199 g/mol. The van der Waals surface area contributed by atoms with Crippen LogP contribution in [0.2, 0.25) is 0 Å². The van der Waals surface area contributed by atoms with Crippen LogP contribution in [0.4, 0.5) is 0 Å². The fourth-order valence-corrected chi connectivity index (χ4v) is 2.19. The predicted molar refractivity (Wildman–Crippen MR) is 54.1 cm³/mol. The number of nitrogens with zero attached hydrogens (tertiary/aromatic N) is 2. The Morgan fingerprint density at radius 2 is 2.08 bits per heavy atom. The molecule has 1 fully saturated rings. The largest absolute Gasteiger partial charge is 0.269 e. The van der Waals surface area contributed by atoms with Gasteiger partial charge in [-0.1, -0.05) is 0 Å². The zero-order chi connectivity index (χ0) is 9.26. The molecule has 1 aromatic heterocycles. The molecule has 2 nitrogen and oxygen atoms in total. The van der Waals surface area contributed by atoms with Crippen LogP contribution >= 0.6 is 11.6 Å². The highest BCUT2D eigenvalue weighted by Gasteiger charge is 2.20. The van der Waals surface area contributed by atoms with Gasteiger partial charge in [0.15, 0.2) is 0 Å². The number of rotatable bonds is 1. The Hall–Kier alpha value is -0.500. The van der Waals surface area contributed by atoms with Crippen molar-refractivity contribution in [1.82, 2.24) is 9.78 Å². The van der Waals surface area contributed by atoms with Gasteiger partial charge in [-0.2, -0.15) is 5.10 Å². The third kappa shape index (κ3) is 2.05. The summed E-state index contributed by atoms with van der Waals surface area (Å²) in [5.41, 5.74) is 1.10. The summed E-state index contributed by atoms with van der Waals surface area (Å²) >= 11 is 6.04. The van der Waals surface area contributed by atoms with E-state index in [1.165, 1.54) is 12.8 Å². The fourth-order valence-electron chi connectivity index (χ4n) is 1.94. The van der Waals surface area contributed by atoms with Gasteiger partial charge in [0.2, 0.25) is 0 Å². The number of hydrogen-bond acceptors (Lipinski definition) is 1. The first-order valence-electron chi connectivity index (χ1n) is 4.91. The van der Waals surface area contributed by atoms with Crippen LogP contribution < -0.4 is 0 Å². The number of hydrogen-bond donors (Lipinski definition) is 0. The lowest BCUT2D eigenvalue weighted by molar-refractivity contribution is 0.332. The van der Waals surface area contributed by atoms with Crippen molar-refractivity contribution >= 4 is 11.6 Å². The molecule has 0 spiro atoms. The van der Waals surface area contributed by atoms with Crippen molar-refractivity contribution in [3.05, 3.63) is 18.0 Å². The number of aromatic nitrogens is 2. The summed E-state index contributed by atoms with van der Waals surface area (Å²) in [6, 6.07) is 2.65. The van der Waals surface area contributed by atoms with Crippen LogP contribution in [0.25, 0.3) is 0 Å². The second kappa shape index (κ2) is 3.70. The monoisotopic (exact) mass is 198 g/mol. The van der Waals surface area contributed by atoms with Crippen molar-refractivity contribution < 1.29 is 0 Å². The summed E-state index contributed by atoms with van der Waals surface area (Å²) in [5.74, 6) is 0. The van der Waals surface area contributed by atoms with E-state index in [-0.39, 0.29) is 0 Å². The summed E-state index contributed by atoms with van der Waals surface area (Å²) < 4.78 is 2.10. The Morgan fingerprint density at radius 1 is 1.38 bits per heavy atom. The van der Waals surface area contributed by atoms with E-state index >= 15 is 0 Å². The van der Waals surface area contributed by atoms with Gasteiger partial charge in [-0.3, -0.25) is 4.68 Å². The molecule has 1 aliphatic carbocycles. The Labute approximate surface area is 83.9 Å². The molecule has 0 unspecified atom stereocenters. The van der Waals surface area contributed by atoms with Crippen molar-refractivity contribution in [2.45, 2.75) is 44.0 Å². The highest BCUT2D eigenvalue weighted by Crippen LogP contribution is 2.30. The van der Waals surface area contributed by atoms with E-state index in [1.807, 2.05) is 6.92 Å². The van der Waals surface area contributed by atoms with Crippen molar-refractivity contribution in [3.8, 4) is 0 Å². The van der Waals surface area contributed by atoms with Crippen LogP contribution in [0, 0.1) is 6.92 Å². The first-order chi connectivity index (χ1) is 6.25. The molecule has 0 saturated heterocycles. The fraction of sp³-hybridized carbons (Fsp3) is 0.700. The van der Waals surface area contributed by atoms with Crippen LogP contribution in [0.5, 0.6) is 0 Å². The second-order valence-corrected chi connectivity index (χ2v) is 4.46. The van der Waals surface area contributed by atoms with Crippen LogP contribution in [-0.4, -0.2) is 15.2 Å². The molecule has 3 heteroatoms. The lowest BCUT2D eigenvalue weighted by Crippen LogP contribution is -2.18. The topological polar surface area (TPSA) is 17.8 Å². The third-order valence-corrected chi connectivity index (χ3v) is 3.18. The van der Waals surface area contributed by atoms with E-state index in [2.05, 4.69) is 22.0 Å². The molecule has 1 saturated carbocycles. The molecule has 0 amide bonds. The Morgan fingerprint density at radius 3 is 2.62 bits per heavy atom. The molecule has 2 rings (SSSR count). The SMILES string of the molecule is Cc1ccn(C2CCC(Cl)CC2)n1. The molecule has 0 radical (unpaired) electrons. The molecule has 0 N–H and O–H groups in total. The highest BCUT2D eigenvalue weighted by molar-refractivity contribution is 6.20. The second-order valence-electron chi connectivity index (χ2n) is 3.84. The highest BCUT2D eigenvalue weighted by atomic mass is 35.5. The van der Waals surface area contributed by atoms with E-state index in [9.17, 15) is 0 Å². The standard InChI is InChI=1S/C10H15ClN2/c1-8-6-7-13(12-8)10-4-2-9(11)3-5-10/h6-7,9-10H,2-5H2,1H3. The van der Waals surface area contributed by atoms with E-state index < -0.39 is 0 Å². The molecule has 0 aliphatic heterocycles. The third-order valence-electron chi connectivity index (χ3n) is 2.74. The van der Waals surface area contributed by atoms with E-state index in [1.54, 1.807) is 0 Å². The van der Waals surface area contributed by atoms with Crippen LogP contribution in [0.3, 0.4) is 0 Å². The van der Waals surface area contributed by atoms with Gasteiger partial charge >= 0.3 is 0 Å². The minimum Gasteiger partial charge on any atom is -0.269 e. The van der Waals surface area contributed by atoms with Gasteiger partial charge in [0.25, 0.3) is 0 Å². The van der Waals surface area contributed by atoms with Crippen molar-refractivity contribution in [2.75, 3.05) is 0 Å². The van der Waals surface area contributed by atoms with Crippen LogP contribution in [0.1, 0.15) is 37.4 Å². The maximum Gasteiger partial charge on any atom is 0.0593 e. The van der Waals surface area contributed by atoms with Gasteiger partial charge in [-0.05, 0) is 38.7 Å². The van der Waals surface area contributed by atoms with Crippen LogP contribution in [-0.2, 0) is 0 Å². The lowest BCUT2D eigenvalue weighted by Gasteiger charge is -2.25. The van der Waals surface area contributed by atoms with Crippen molar-refractivity contribution in [3.63, 3.8) is 0 Å². The first kappa shape index (κ1) is 9.07. The summed E-state index contributed by atoms with van der Waals surface area (Å²) in [4.78, 5) is 0. The Kier molecular flexibility index (Phi) is 2.58. The smallest absolute Gasteiger partial charge is 0.0593 e. The number of halogens is 1. The molecular weight excluding hydrogens is 184 g/mol. The number of alkyl halides is 1. The van der Waals surface area contributed by atoms with Crippen LogP contribution in [0.15, 0.2) is 12.3 Å². The Bertz CT molecular complexity index is 274. The zero-order valence-electron chi connectivity index (χ0n) is 7.91. The van der Waals surface area contributed by atoms with Gasteiger partial charge in [0.05, 0.1) is 11.7 Å². The quantitative estimate of drug-likeness (QED) is 0.635. The van der Waals surface area contributed by atoms with Crippen molar-refractivity contribution in [2.24, 2.45) is 0 Å². The lowest BCUT2D eigenvalue weighted by atomic mass is 9.95. The minimum atomic E-state index is 0.396. The molecule has 1 aliphatic rings. The van der Waals surface area contributed by atoms with Gasteiger partial charge in [0, 0.05) is 11.6 Å². The normalized spacial score (nSPS) is 29.1. The Balaban J connectivity index is 2.02. The average Bonchev–Trinajstić information content (AvgIpc) is 2.53. The molecule has 72 valence electrons. The molecule has 1 heterocycles. The zero-order valence-corrected chi connectivity index (χ0v) is 8.67. The molecule has 1 aromatic rings. The summed E-state index contributed by atoms with van der Waals surface area (Å²) in [6.45, 7) is 2.03. The maximum atomic E-state index is 6.04. The molecule has 0 atom stereocenters. The molecule has 13 heavy (non-hydrogen) atoms. The maximum absolute atomic E-state index is 6.04. The first-order valence-corrected chi connectivity index (χ1v) is 5.35. The molecule has 0 bridgehead atoms. The summed E-state index contributed by atoms with van der Waals surface area (Å²) in [5, 5.41) is 4.83. The minimum absolute atomic E-state index is 0.396. The van der Waals surface area contributed by atoms with Crippen molar-refractivity contribution in [1.29, 1.82) is 0 Å².